The predicted octanol–water partition coefficient (Wildman–Crippen LogP) is 1.89. The van der Waals surface area contributed by atoms with Gasteiger partial charge in [-0.3, -0.25) is 4.79 Å². The maximum atomic E-state index is 11.7. The second-order valence-electron chi connectivity index (χ2n) is 4.46. The van der Waals surface area contributed by atoms with E-state index < -0.39 is 6.10 Å². The quantitative estimate of drug-likeness (QED) is 0.777. The van der Waals surface area contributed by atoms with Crippen LogP contribution in [0.15, 0.2) is 24.3 Å². The number of nitrogens with two attached hydrogens (primary N) is 1. The van der Waals surface area contributed by atoms with Crippen LogP contribution in [0, 0.1) is 5.92 Å². The lowest BCUT2D eigenvalue weighted by molar-refractivity contribution is -0.125. The molecule has 108 valence electrons. The van der Waals surface area contributed by atoms with Gasteiger partial charge >= 0.3 is 0 Å². The molecule has 0 bridgehead atoms. The average molecular weight is 307 g/mol. The van der Waals surface area contributed by atoms with Crippen molar-refractivity contribution in [3.05, 3.63) is 34.9 Å². The number of nitrogens with one attached hydrogen (secondary N) is 1. The molecular formula is C13H20Cl2N2O2. The van der Waals surface area contributed by atoms with E-state index in [2.05, 4.69) is 5.32 Å². The van der Waals surface area contributed by atoms with Gasteiger partial charge in [-0.1, -0.05) is 30.7 Å². The highest BCUT2D eigenvalue weighted by molar-refractivity contribution is 6.30. The molecule has 19 heavy (non-hydrogen) atoms. The summed E-state index contributed by atoms with van der Waals surface area (Å²) in [7, 11) is 0. The molecule has 0 heterocycles. The zero-order valence-corrected chi connectivity index (χ0v) is 12.5. The number of carbonyl (C=O) groups is 1. The second-order valence-corrected chi connectivity index (χ2v) is 4.90. The van der Waals surface area contributed by atoms with E-state index in [9.17, 15) is 9.90 Å². The minimum absolute atomic E-state index is 0. The van der Waals surface area contributed by atoms with Crippen molar-refractivity contribution in [2.24, 2.45) is 11.7 Å². The van der Waals surface area contributed by atoms with Crippen molar-refractivity contribution in [2.45, 2.75) is 26.0 Å². The minimum atomic E-state index is -0.744. The summed E-state index contributed by atoms with van der Waals surface area (Å²) in [4.78, 5) is 11.7. The number of aliphatic hydroxyl groups excluding tert-OH is 1. The number of benzene rings is 1. The molecule has 1 aromatic rings. The minimum Gasteiger partial charge on any atom is -0.387 e. The molecule has 6 heteroatoms. The molecule has 4 nitrogen and oxygen atoms in total. The van der Waals surface area contributed by atoms with Crippen molar-refractivity contribution in [3.8, 4) is 0 Å². The van der Waals surface area contributed by atoms with Crippen molar-refractivity contribution < 1.29 is 9.90 Å². The van der Waals surface area contributed by atoms with Crippen LogP contribution >= 0.6 is 24.0 Å². The van der Waals surface area contributed by atoms with E-state index >= 15 is 0 Å². The summed E-state index contributed by atoms with van der Waals surface area (Å²) in [6, 6.07) is 6.65. The summed E-state index contributed by atoms with van der Waals surface area (Å²) in [5.41, 5.74) is 6.35. The number of rotatable bonds is 5. The fraction of sp³-hybridized carbons (Fsp3) is 0.462. The number of aliphatic hydroxyl groups is 1. The van der Waals surface area contributed by atoms with Crippen molar-refractivity contribution in [1.29, 1.82) is 0 Å². The smallest absolute Gasteiger partial charge is 0.224 e. The zero-order chi connectivity index (χ0) is 13.7. The van der Waals surface area contributed by atoms with Gasteiger partial charge in [0.1, 0.15) is 0 Å². The highest BCUT2D eigenvalue weighted by atomic mass is 35.5. The molecule has 4 N–H and O–H groups in total. The van der Waals surface area contributed by atoms with E-state index in [1.54, 1.807) is 38.1 Å². The molecular weight excluding hydrogens is 287 g/mol. The Morgan fingerprint density at radius 1 is 1.37 bits per heavy atom. The van der Waals surface area contributed by atoms with Gasteiger partial charge in [-0.15, -0.1) is 12.4 Å². The van der Waals surface area contributed by atoms with Crippen LogP contribution in [0.5, 0.6) is 0 Å². The van der Waals surface area contributed by atoms with Gasteiger partial charge in [0, 0.05) is 23.5 Å². The maximum Gasteiger partial charge on any atom is 0.224 e. The molecule has 3 atom stereocenters. The van der Waals surface area contributed by atoms with Gasteiger partial charge in [-0.05, 0) is 24.6 Å². The van der Waals surface area contributed by atoms with Crippen LogP contribution in [0.25, 0.3) is 0 Å². The third-order valence-corrected chi connectivity index (χ3v) is 3.18. The molecule has 1 amide bonds. The molecule has 0 saturated carbocycles. The van der Waals surface area contributed by atoms with Gasteiger partial charge in [-0.25, -0.2) is 0 Å². The molecule has 0 fully saturated rings. The third-order valence-electron chi connectivity index (χ3n) is 2.93. The Labute approximate surface area is 124 Å². The van der Waals surface area contributed by atoms with E-state index in [1.807, 2.05) is 0 Å². The largest absolute Gasteiger partial charge is 0.387 e. The molecule has 1 rings (SSSR count). The van der Waals surface area contributed by atoms with Crippen LogP contribution in [-0.4, -0.2) is 23.6 Å². The van der Waals surface area contributed by atoms with Crippen LogP contribution in [0.4, 0.5) is 0 Å². The van der Waals surface area contributed by atoms with Gasteiger partial charge in [-0.2, -0.15) is 0 Å². The van der Waals surface area contributed by atoms with Crippen molar-refractivity contribution in [1.82, 2.24) is 5.32 Å². The monoisotopic (exact) mass is 306 g/mol. The van der Waals surface area contributed by atoms with Crippen molar-refractivity contribution >= 4 is 29.9 Å². The van der Waals surface area contributed by atoms with Gasteiger partial charge in [0.05, 0.1) is 6.10 Å². The lowest BCUT2D eigenvalue weighted by Crippen LogP contribution is -2.40. The topological polar surface area (TPSA) is 75.4 Å². The summed E-state index contributed by atoms with van der Waals surface area (Å²) in [5.74, 6) is -0.430. The Kier molecular flexibility index (Phi) is 8.02. The second kappa shape index (κ2) is 8.38. The summed E-state index contributed by atoms with van der Waals surface area (Å²) >= 11 is 5.76. The fourth-order valence-corrected chi connectivity index (χ4v) is 1.53. The third kappa shape index (κ3) is 5.78. The van der Waals surface area contributed by atoms with E-state index in [4.69, 9.17) is 17.3 Å². The highest BCUT2D eigenvalue weighted by Gasteiger charge is 2.18. The fourth-order valence-electron chi connectivity index (χ4n) is 1.40. The van der Waals surface area contributed by atoms with Crippen LogP contribution in [-0.2, 0) is 4.79 Å². The number of amides is 1. The normalized spacial score (nSPS) is 15.0. The number of hydrogen-bond acceptors (Lipinski definition) is 3. The maximum absolute atomic E-state index is 11.7. The molecule has 0 saturated heterocycles. The first-order valence-corrected chi connectivity index (χ1v) is 6.26. The van der Waals surface area contributed by atoms with Gasteiger partial charge in [0.25, 0.3) is 0 Å². The Morgan fingerprint density at radius 3 is 2.37 bits per heavy atom. The first-order valence-electron chi connectivity index (χ1n) is 5.88. The standard InChI is InChI=1S/C13H19ClN2O2.ClH/c1-8(9(2)15)13(18)16-7-12(17)10-3-5-11(14)6-4-10;/h3-6,8-9,12,17H,7,15H2,1-2H3,(H,16,18);1H. The number of carbonyl (C=O) groups excluding carboxylic acids is 1. The Balaban J connectivity index is 0.00000324. The van der Waals surface area contributed by atoms with Crippen LogP contribution in [0.1, 0.15) is 25.5 Å². The predicted molar refractivity (Wildman–Crippen MR) is 79.5 cm³/mol. The first-order chi connectivity index (χ1) is 8.41. The first kappa shape index (κ1) is 18.2. The molecule has 0 aliphatic heterocycles. The Hall–Kier alpha value is -0.810. The molecule has 3 unspecified atom stereocenters. The van der Waals surface area contributed by atoms with Crippen molar-refractivity contribution in [3.63, 3.8) is 0 Å². The summed E-state index contributed by atoms with van der Waals surface area (Å²) in [6.45, 7) is 3.70. The van der Waals surface area contributed by atoms with Gasteiger partial charge in [0.2, 0.25) is 5.91 Å². The molecule has 0 spiro atoms. The van der Waals surface area contributed by atoms with E-state index in [0.717, 1.165) is 0 Å². The molecule has 0 aliphatic carbocycles. The zero-order valence-electron chi connectivity index (χ0n) is 11.0. The average Bonchev–Trinajstić information content (AvgIpc) is 2.35. The lowest BCUT2D eigenvalue weighted by Gasteiger charge is -2.17. The van der Waals surface area contributed by atoms with E-state index in [0.29, 0.717) is 10.6 Å². The van der Waals surface area contributed by atoms with E-state index in [-0.39, 0.29) is 36.8 Å². The van der Waals surface area contributed by atoms with Crippen LogP contribution in [0.3, 0.4) is 0 Å². The SMILES string of the molecule is CC(N)C(C)C(=O)NCC(O)c1ccc(Cl)cc1.Cl. The summed E-state index contributed by atoms with van der Waals surface area (Å²) in [6.07, 6.45) is -0.744. The molecule has 1 aromatic carbocycles. The van der Waals surface area contributed by atoms with E-state index in [1.165, 1.54) is 0 Å². The number of hydrogen-bond donors (Lipinski definition) is 3. The van der Waals surface area contributed by atoms with Gasteiger partial charge < -0.3 is 16.2 Å². The molecule has 0 radical (unpaired) electrons. The molecule has 0 aromatic heterocycles. The Bertz CT molecular complexity index is 396. The summed E-state index contributed by atoms with van der Waals surface area (Å²) in [5, 5.41) is 13.2. The molecule has 0 aliphatic rings. The highest BCUT2D eigenvalue weighted by Crippen LogP contribution is 2.15. The Morgan fingerprint density at radius 2 is 1.89 bits per heavy atom. The number of halogens is 2. The lowest BCUT2D eigenvalue weighted by atomic mass is 10.0. The van der Waals surface area contributed by atoms with Crippen LogP contribution < -0.4 is 11.1 Å². The summed E-state index contributed by atoms with van der Waals surface area (Å²) < 4.78 is 0. The van der Waals surface area contributed by atoms with Crippen LogP contribution in [0.2, 0.25) is 5.02 Å². The van der Waals surface area contributed by atoms with Crippen molar-refractivity contribution in [2.75, 3.05) is 6.54 Å². The van der Waals surface area contributed by atoms with Gasteiger partial charge in [0.15, 0.2) is 0 Å².